The lowest BCUT2D eigenvalue weighted by Gasteiger charge is -2.01. The highest BCUT2D eigenvalue weighted by molar-refractivity contribution is 5.80. The number of hydrogen-bond donors (Lipinski definition) is 1. The number of aromatic nitrogens is 1. The summed E-state index contributed by atoms with van der Waals surface area (Å²) in [6.45, 7) is 3.61. The lowest BCUT2D eigenvalue weighted by atomic mass is 10.1. The van der Waals surface area contributed by atoms with Crippen LogP contribution in [0.5, 0.6) is 0 Å². The van der Waals surface area contributed by atoms with Gasteiger partial charge in [0.1, 0.15) is 0 Å². The molecule has 0 saturated heterocycles. The normalized spacial score (nSPS) is 10.4. The fourth-order valence-corrected chi connectivity index (χ4v) is 1.51. The van der Waals surface area contributed by atoms with Gasteiger partial charge in [-0.25, -0.2) is 9.59 Å². The van der Waals surface area contributed by atoms with Gasteiger partial charge in [0, 0.05) is 0 Å². The van der Waals surface area contributed by atoms with Crippen molar-refractivity contribution in [1.82, 2.24) is 4.98 Å². The molecular weight excluding hydrogens is 194 g/mol. The van der Waals surface area contributed by atoms with Gasteiger partial charge >= 0.3 is 11.4 Å². The highest BCUT2D eigenvalue weighted by Gasteiger charge is 2.05. The van der Waals surface area contributed by atoms with E-state index in [0.29, 0.717) is 17.3 Å². The van der Waals surface area contributed by atoms with E-state index in [9.17, 15) is 9.59 Å². The van der Waals surface area contributed by atoms with Crippen molar-refractivity contribution in [2.24, 2.45) is 0 Å². The highest BCUT2D eigenvalue weighted by atomic mass is 16.4. The molecule has 0 aliphatic heterocycles. The largest absolute Gasteiger partial charge is 0.419 e. The van der Waals surface area contributed by atoms with Gasteiger partial charge in [0.25, 0.3) is 0 Å². The van der Waals surface area contributed by atoms with E-state index in [2.05, 4.69) is 16.0 Å². The van der Waals surface area contributed by atoms with E-state index in [0.717, 1.165) is 5.56 Å². The molecule has 2 aromatic rings. The minimum absolute atomic E-state index is 0.383. The zero-order valence-corrected chi connectivity index (χ0v) is 7.95. The molecular formula is C11H9NO3. The van der Waals surface area contributed by atoms with E-state index >= 15 is 0 Å². The van der Waals surface area contributed by atoms with Crippen LogP contribution in [0.2, 0.25) is 0 Å². The number of para-hydroxylation sites is 1. The summed E-state index contributed by atoms with van der Waals surface area (Å²) in [5.74, 6) is -0.732. The topological polar surface area (TPSA) is 63.1 Å². The van der Waals surface area contributed by atoms with Crippen LogP contribution in [0.3, 0.4) is 0 Å². The SMILES string of the molecule is C=CCc1cccc2c(=O)oc(=O)[nH]c12. The standard InChI is InChI=1S/C11H9NO3/c1-2-4-7-5-3-6-8-9(7)12-11(14)15-10(8)13/h2-3,5-6H,1,4H2,(H,12,14). The van der Waals surface area contributed by atoms with Gasteiger partial charge in [0.15, 0.2) is 0 Å². The number of fused-ring (bicyclic) bond motifs is 1. The number of rotatable bonds is 2. The summed E-state index contributed by atoms with van der Waals surface area (Å²) in [5.41, 5.74) is 0.769. The number of nitrogens with one attached hydrogen (secondary N) is 1. The summed E-state index contributed by atoms with van der Waals surface area (Å²) in [6.07, 6.45) is 2.30. The molecule has 15 heavy (non-hydrogen) atoms. The molecule has 0 radical (unpaired) electrons. The summed E-state index contributed by atoms with van der Waals surface area (Å²) < 4.78 is 4.43. The van der Waals surface area contributed by atoms with E-state index < -0.39 is 11.4 Å². The molecule has 0 spiro atoms. The van der Waals surface area contributed by atoms with E-state index in [4.69, 9.17) is 0 Å². The first-order valence-corrected chi connectivity index (χ1v) is 4.48. The van der Waals surface area contributed by atoms with E-state index in [-0.39, 0.29) is 0 Å². The third-order valence-electron chi connectivity index (χ3n) is 2.15. The molecule has 0 aliphatic carbocycles. The molecule has 0 bridgehead atoms. The predicted molar refractivity (Wildman–Crippen MR) is 57.0 cm³/mol. The number of H-pyrrole nitrogens is 1. The minimum Gasteiger partial charge on any atom is -0.372 e. The maximum Gasteiger partial charge on any atom is 0.419 e. The monoisotopic (exact) mass is 203 g/mol. The average molecular weight is 203 g/mol. The zero-order valence-electron chi connectivity index (χ0n) is 7.95. The molecule has 4 heteroatoms. The van der Waals surface area contributed by atoms with E-state index in [1.165, 1.54) is 0 Å². The number of benzene rings is 1. The molecule has 1 N–H and O–H groups in total. The maximum atomic E-state index is 11.3. The van der Waals surface area contributed by atoms with Crippen LogP contribution >= 0.6 is 0 Å². The Hall–Kier alpha value is -2.10. The maximum absolute atomic E-state index is 11.3. The molecule has 0 saturated carbocycles. The molecule has 0 atom stereocenters. The summed E-state index contributed by atoms with van der Waals surface area (Å²) in [6, 6.07) is 5.19. The second-order valence-corrected chi connectivity index (χ2v) is 3.13. The Kier molecular flexibility index (Phi) is 2.25. The van der Waals surface area contributed by atoms with Gasteiger partial charge in [-0.15, -0.1) is 6.58 Å². The number of aromatic amines is 1. The van der Waals surface area contributed by atoms with Gasteiger partial charge in [-0.1, -0.05) is 18.2 Å². The second-order valence-electron chi connectivity index (χ2n) is 3.13. The highest BCUT2D eigenvalue weighted by Crippen LogP contribution is 2.12. The fourth-order valence-electron chi connectivity index (χ4n) is 1.51. The molecule has 0 amide bonds. The summed E-state index contributed by atoms with van der Waals surface area (Å²) >= 11 is 0. The van der Waals surface area contributed by atoms with Crippen LogP contribution in [0.15, 0.2) is 44.9 Å². The second kappa shape index (κ2) is 3.57. The van der Waals surface area contributed by atoms with Crippen LogP contribution in [-0.2, 0) is 6.42 Å². The molecule has 0 unspecified atom stereocenters. The van der Waals surface area contributed by atoms with E-state index in [1.807, 2.05) is 6.07 Å². The molecule has 76 valence electrons. The number of hydrogen-bond acceptors (Lipinski definition) is 3. The molecule has 0 aliphatic rings. The first-order chi connectivity index (χ1) is 7.22. The van der Waals surface area contributed by atoms with Crippen molar-refractivity contribution in [3.05, 3.63) is 57.4 Å². The minimum atomic E-state index is -0.732. The van der Waals surface area contributed by atoms with Crippen molar-refractivity contribution in [1.29, 1.82) is 0 Å². The summed E-state index contributed by atoms with van der Waals surface area (Å²) in [5, 5.41) is 0.383. The van der Waals surface area contributed by atoms with Gasteiger partial charge < -0.3 is 4.42 Å². The van der Waals surface area contributed by atoms with Crippen molar-refractivity contribution >= 4 is 10.9 Å². The third-order valence-corrected chi connectivity index (χ3v) is 2.15. The zero-order chi connectivity index (χ0) is 10.8. The van der Waals surface area contributed by atoms with Gasteiger partial charge in [-0.3, -0.25) is 4.98 Å². The average Bonchev–Trinajstić information content (AvgIpc) is 2.19. The van der Waals surface area contributed by atoms with Crippen LogP contribution in [0.25, 0.3) is 10.9 Å². The van der Waals surface area contributed by atoms with Crippen LogP contribution in [0.4, 0.5) is 0 Å². The first kappa shape index (κ1) is 9.45. The Labute approximate surface area is 84.9 Å². The Balaban J connectivity index is 2.90. The molecule has 4 nitrogen and oxygen atoms in total. The van der Waals surface area contributed by atoms with Crippen LogP contribution in [0.1, 0.15) is 5.56 Å². The Morgan fingerprint density at radius 3 is 2.93 bits per heavy atom. The predicted octanol–water partition coefficient (Wildman–Crippen LogP) is 1.21. The van der Waals surface area contributed by atoms with Gasteiger partial charge in [0.2, 0.25) is 0 Å². The van der Waals surface area contributed by atoms with Crippen LogP contribution in [0, 0.1) is 0 Å². The van der Waals surface area contributed by atoms with Crippen molar-refractivity contribution in [2.45, 2.75) is 6.42 Å². The molecule has 1 aromatic carbocycles. The van der Waals surface area contributed by atoms with Gasteiger partial charge in [-0.05, 0) is 18.1 Å². The Bertz CT molecular complexity index is 622. The van der Waals surface area contributed by atoms with Crippen LogP contribution in [-0.4, -0.2) is 4.98 Å². The fraction of sp³-hybridized carbons (Fsp3) is 0.0909. The quantitative estimate of drug-likeness (QED) is 0.746. The molecule has 2 rings (SSSR count). The van der Waals surface area contributed by atoms with E-state index in [1.54, 1.807) is 18.2 Å². The lowest BCUT2D eigenvalue weighted by Crippen LogP contribution is -2.15. The first-order valence-electron chi connectivity index (χ1n) is 4.48. The Morgan fingerprint density at radius 1 is 1.40 bits per heavy atom. The molecule has 1 aromatic heterocycles. The van der Waals surface area contributed by atoms with Crippen molar-refractivity contribution in [2.75, 3.05) is 0 Å². The van der Waals surface area contributed by atoms with Crippen LogP contribution < -0.4 is 11.4 Å². The number of allylic oxidation sites excluding steroid dienone is 1. The summed E-state index contributed by atoms with van der Waals surface area (Å²) in [4.78, 5) is 24.9. The van der Waals surface area contributed by atoms with Gasteiger partial charge in [0.05, 0.1) is 10.9 Å². The van der Waals surface area contributed by atoms with Crippen molar-refractivity contribution < 1.29 is 4.42 Å². The third kappa shape index (κ3) is 1.61. The molecule has 0 fully saturated rings. The summed E-state index contributed by atoms with van der Waals surface area (Å²) in [7, 11) is 0. The van der Waals surface area contributed by atoms with Crippen molar-refractivity contribution in [3.63, 3.8) is 0 Å². The smallest absolute Gasteiger partial charge is 0.372 e. The lowest BCUT2D eigenvalue weighted by molar-refractivity contribution is 0.460. The Morgan fingerprint density at radius 2 is 2.20 bits per heavy atom. The van der Waals surface area contributed by atoms with Gasteiger partial charge in [-0.2, -0.15) is 0 Å². The molecule has 1 heterocycles. The van der Waals surface area contributed by atoms with Crippen molar-refractivity contribution in [3.8, 4) is 0 Å².